The van der Waals surface area contributed by atoms with Crippen LogP contribution in [0.3, 0.4) is 0 Å². The molecule has 1 aliphatic rings. The predicted molar refractivity (Wildman–Crippen MR) is 97.8 cm³/mol. The Morgan fingerprint density at radius 3 is 2.87 bits per heavy atom. The van der Waals surface area contributed by atoms with Crippen molar-refractivity contribution in [3.05, 3.63) is 44.2 Å². The number of aliphatic imine (C=N–C) groups is 1. The zero-order valence-electron chi connectivity index (χ0n) is 13.3. The second kappa shape index (κ2) is 8.58. The summed E-state index contributed by atoms with van der Waals surface area (Å²) in [5.41, 5.74) is 0. The lowest BCUT2D eigenvalue weighted by Gasteiger charge is -2.16. The zero-order valence-corrected chi connectivity index (χ0v) is 15.0. The molecule has 0 spiro atoms. The van der Waals surface area contributed by atoms with Crippen LogP contribution in [0.15, 0.2) is 29.3 Å². The van der Waals surface area contributed by atoms with Gasteiger partial charge in [-0.3, -0.25) is 10.1 Å². The molecular formula is C15H22N4O2S2. The third kappa shape index (κ3) is 5.42. The fourth-order valence-corrected chi connectivity index (χ4v) is 3.97. The van der Waals surface area contributed by atoms with Gasteiger partial charge < -0.3 is 5.32 Å². The normalized spacial score (nSPS) is 19.8. The van der Waals surface area contributed by atoms with Gasteiger partial charge >= 0.3 is 5.79 Å². The van der Waals surface area contributed by atoms with E-state index in [-0.39, 0.29) is 0 Å². The minimum Gasteiger partial charge on any atom is -0.310 e. The van der Waals surface area contributed by atoms with Crippen molar-refractivity contribution in [2.45, 2.75) is 38.0 Å². The molecule has 2 rings (SSSR count). The van der Waals surface area contributed by atoms with Crippen LogP contribution in [-0.2, 0) is 12.3 Å². The standard InChI is InChI=1S/C15H22N4O2S2/c1-12(2)16-10-13-4-5-14(23-13)11-22-9-8-18-15(19(20)21)6-3-7-17-15/h3-7,12,16,18H,8-11H2,1-2H3. The van der Waals surface area contributed by atoms with Gasteiger partial charge in [-0.05, 0) is 18.2 Å². The van der Waals surface area contributed by atoms with Crippen LogP contribution in [0, 0.1) is 10.1 Å². The molecular weight excluding hydrogens is 332 g/mol. The van der Waals surface area contributed by atoms with E-state index in [1.54, 1.807) is 17.8 Å². The molecule has 2 heterocycles. The smallest absolute Gasteiger partial charge is 0.310 e. The Morgan fingerprint density at radius 2 is 2.22 bits per heavy atom. The van der Waals surface area contributed by atoms with Crippen LogP contribution in [-0.4, -0.2) is 35.3 Å². The van der Waals surface area contributed by atoms with Crippen LogP contribution >= 0.6 is 23.1 Å². The molecule has 1 aromatic rings. The van der Waals surface area contributed by atoms with Crippen molar-refractivity contribution in [1.82, 2.24) is 10.6 Å². The van der Waals surface area contributed by atoms with Crippen molar-refractivity contribution in [2.24, 2.45) is 4.99 Å². The van der Waals surface area contributed by atoms with Gasteiger partial charge in [0.1, 0.15) is 0 Å². The van der Waals surface area contributed by atoms with E-state index < -0.39 is 10.7 Å². The molecule has 1 aliphatic heterocycles. The van der Waals surface area contributed by atoms with Gasteiger partial charge in [0.05, 0.1) is 4.92 Å². The molecule has 0 aromatic carbocycles. The first-order valence-corrected chi connectivity index (χ1v) is 9.50. The van der Waals surface area contributed by atoms with Crippen LogP contribution in [0.4, 0.5) is 0 Å². The van der Waals surface area contributed by atoms with Crippen molar-refractivity contribution >= 4 is 29.3 Å². The Balaban J connectivity index is 1.67. The summed E-state index contributed by atoms with van der Waals surface area (Å²) < 4.78 is 0. The fraction of sp³-hybridized carbons (Fsp3) is 0.533. The molecule has 1 unspecified atom stereocenters. The van der Waals surface area contributed by atoms with Gasteiger partial charge in [-0.2, -0.15) is 16.8 Å². The average Bonchev–Trinajstić information content (AvgIpc) is 3.14. The molecule has 0 fully saturated rings. The topological polar surface area (TPSA) is 79.6 Å². The molecule has 8 heteroatoms. The largest absolute Gasteiger partial charge is 0.392 e. The third-order valence-corrected chi connectivity index (χ3v) is 5.52. The van der Waals surface area contributed by atoms with Crippen LogP contribution in [0.25, 0.3) is 0 Å². The second-order valence-electron chi connectivity index (χ2n) is 5.50. The highest BCUT2D eigenvalue weighted by atomic mass is 32.2. The fourth-order valence-electron chi connectivity index (χ4n) is 2.03. The van der Waals surface area contributed by atoms with Crippen LogP contribution in [0.5, 0.6) is 0 Å². The lowest BCUT2D eigenvalue weighted by Crippen LogP contribution is -2.48. The summed E-state index contributed by atoms with van der Waals surface area (Å²) in [5, 5.41) is 17.4. The first kappa shape index (κ1) is 18.1. The first-order valence-electron chi connectivity index (χ1n) is 7.53. The number of nitrogens with one attached hydrogen (secondary N) is 2. The van der Waals surface area contributed by atoms with E-state index in [0.29, 0.717) is 12.6 Å². The molecule has 0 amide bonds. The monoisotopic (exact) mass is 354 g/mol. The molecule has 23 heavy (non-hydrogen) atoms. The highest BCUT2D eigenvalue weighted by Crippen LogP contribution is 2.22. The van der Waals surface area contributed by atoms with Crippen molar-refractivity contribution in [3.8, 4) is 0 Å². The van der Waals surface area contributed by atoms with Gasteiger partial charge in [0.15, 0.2) is 0 Å². The van der Waals surface area contributed by atoms with E-state index in [9.17, 15) is 10.1 Å². The van der Waals surface area contributed by atoms with Gasteiger partial charge in [0.2, 0.25) is 0 Å². The third-order valence-electron chi connectivity index (χ3n) is 3.24. The highest BCUT2D eigenvalue weighted by Gasteiger charge is 2.40. The lowest BCUT2D eigenvalue weighted by molar-refractivity contribution is -0.559. The summed E-state index contributed by atoms with van der Waals surface area (Å²) in [6, 6.07) is 4.81. The summed E-state index contributed by atoms with van der Waals surface area (Å²) in [7, 11) is 0. The molecule has 1 aromatic heterocycles. The zero-order chi connectivity index (χ0) is 16.7. The summed E-state index contributed by atoms with van der Waals surface area (Å²) in [5.74, 6) is 0.272. The highest BCUT2D eigenvalue weighted by molar-refractivity contribution is 7.98. The summed E-state index contributed by atoms with van der Waals surface area (Å²) in [6.45, 7) is 5.72. The maximum absolute atomic E-state index is 11.1. The van der Waals surface area contributed by atoms with Crippen molar-refractivity contribution in [3.63, 3.8) is 0 Å². The van der Waals surface area contributed by atoms with Crippen LogP contribution < -0.4 is 10.6 Å². The van der Waals surface area contributed by atoms with Gasteiger partial charge in [0.25, 0.3) is 0 Å². The number of nitro groups is 1. The first-order chi connectivity index (χ1) is 11.0. The number of thiophene rings is 1. The Kier molecular flexibility index (Phi) is 6.76. The molecule has 2 N–H and O–H groups in total. The van der Waals surface area contributed by atoms with Crippen molar-refractivity contribution in [1.29, 1.82) is 0 Å². The van der Waals surface area contributed by atoms with Crippen LogP contribution in [0.2, 0.25) is 0 Å². The summed E-state index contributed by atoms with van der Waals surface area (Å²) >= 11 is 3.58. The molecule has 0 radical (unpaired) electrons. The molecule has 1 atom stereocenters. The number of hydrogen-bond acceptors (Lipinski definition) is 7. The quantitative estimate of drug-likeness (QED) is 0.292. The number of hydrogen-bond donors (Lipinski definition) is 2. The Bertz CT molecular complexity index is 572. The number of thioether (sulfide) groups is 1. The van der Waals surface area contributed by atoms with E-state index in [4.69, 9.17) is 0 Å². The second-order valence-corrected chi connectivity index (χ2v) is 7.86. The maximum atomic E-state index is 11.1. The minimum atomic E-state index is -1.46. The molecule has 0 saturated carbocycles. The average molecular weight is 355 g/mol. The molecule has 0 bridgehead atoms. The maximum Gasteiger partial charge on any atom is 0.392 e. The molecule has 0 saturated heterocycles. The lowest BCUT2D eigenvalue weighted by atomic mass is 10.3. The van der Waals surface area contributed by atoms with E-state index in [1.807, 2.05) is 11.3 Å². The Hall–Kier alpha value is -1.22. The van der Waals surface area contributed by atoms with Crippen molar-refractivity contribution < 1.29 is 4.92 Å². The van der Waals surface area contributed by atoms with E-state index in [1.165, 1.54) is 22.0 Å². The minimum absolute atomic E-state index is 0.398. The number of rotatable bonds is 10. The molecule has 0 aliphatic carbocycles. The molecule has 6 nitrogen and oxygen atoms in total. The SMILES string of the molecule is CC(C)NCc1ccc(CSCCNC2([N+](=O)[O-])C=CC=N2)s1. The van der Waals surface area contributed by atoms with Gasteiger partial charge in [-0.1, -0.05) is 13.8 Å². The Morgan fingerprint density at radius 1 is 1.43 bits per heavy atom. The van der Waals surface area contributed by atoms with Gasteiger partial charge in [-0.25, -0.2) is 5.32 Å². The van der Waals surface area contributed by atoms with E-state index in [2.05, 4.69) is 41.6 Å². The van der Waals surface area contributed by atoms with Gasteiger partial charge in [0, 0.05) is 52.7 Å². The summed E-state index contributed by atoms with van der Waals surface area (Å²) in [6.07, 6.45) is 4.54. The Labute approximate surface area is 144 Å². The molecule has 126 valence electrons. The van der Waals surface area contributed by atoms with Crippen LogP contribution in [0.1, 0.15) is 23.6 Å². The van der Waals surface area contributed by atoms with Gasteiger partial charge in [-0.15, -0.1) is 11.3 Å². The number of nitrogens with zero attached hydrogens (tertiary/aromatic N) is 2. The summed E-state index contributed by atoms with van der Waals surface area (Å²) in [4.78, 5) is 17.3. The van der Waals surface area contributed by atoms with E-state index in [0.717, 1.165) is 18.1 Å². The van der Waals surface area contributed by atoms with E-state index >= 15 is 0 Å². The van der Waals surface area contributed by atoms with Crippen molar-refractivity contribution in [2.75, 3.05) is 12.3 Å². The number of allylic oxidation sites excluding steroid dienone is 1. The predicted octanol–water partition coefficient (Wildman–Crippen LogP) is 2.64.